The van der Waals surface area contributed by atoms with E-state index >= 15 is 0 Å². The van der Waals surface area contributed by atoms with E-state index in [1.165, 1.54) is 0 Å². The average Bonchev–Trinajstić information content (AvgIpc) is 3.03. The van der Waals surface area contributed by atoms with E-state index in [0.29, 0.717) is 24.6 Å². The maximum atomic E-state index is 12.0. The fourth-order valence-electron chi connectivity index (χ4n) is 2.56. The summed E-state index contributed by atoms with van der Waals surface area (Å²) in [6.07, 6.45) is -1.33. The molecule has 1 amide bonds. The standard InChI is InChI=1S/C13H18F3N3O3/c1-9-17-11(19-22-9)12(5-2-3-6-12)18-10(20)4-7-21-8-13(14,15)16/h2-8H2,1H3,(H,18,20). The molecule has 0 aromatic carbocycles. The van der Waals surface area contributed by atoms with Crippen LogP contribution in [-0.2, 0) is 15.1 Å². The Kier molecular flexibility index (Phi) is 5.05. The monoisotopic (exact) mass is 321 g/mol. The van der Waals surface area contributed by atoms with Crippen LogP contribution in [0.5, 0.6) is 0 Å². The van der Waals surface area contributed by atoms with Crippen LogP contribution in [0.2, 0.25) is 0 Å². The van der Waals surface area contributed by atoms with Gasteiger partial charge in [-0.3, -0.25) is 4.79 Å². The number of aromatic nitrogens is 2. The third kappa shape index (κ3) is 4.43. The molecular weight excluding hydrogens is 303 g/mol. The highest BCUT2D eigenvalue weighted by Crippen LogP contribution is 2.37. The molecule has 9 heteroatoms. The van der Waals surface area contributed by atoms with Crippen LogP contribution in [0.3, 0.4) is 0 Å². The number of alkyl halides is 3. The Bertz CT molecular complexity index is 510. The zero-order chi connectivity index (χ0) is 16.2. The number of amides is 1. The Morgan fingerprint density at radius 2 is 2.09 bits per heavy atom. The number of nitrogens with one attached hydrogen (secondary N) is 1. The van der Waals surface area contributed by atoms with Gasteiger partial charge in [0.05, 0.1) is 6.61 Å². The van der Waals surface area contributed by atoms with Crippen LogP contribution in [0.25, 0.3) is 0 Å². The summed E-state index contributed by atoms with van der Waals surface area (Å²) in [5.41, 5.74) is -0.682. The van der Waals surface area contributed by atoms with Crippen molar-refractivity contribution in [3.63, 3.8) is 0 Å². The Labute approximate surface area is 125 Å². The van der Waals surface area contributed by atoms with Crippen molar-refractivity contribution < 1.29 is 27.2 Å². The Hall–Kier alpha value is -1.64. The topological polar surface area (TPSA) is 77.2 Å². The molecule has 1 heterocycles. The minimum absolute atomic E-state index is 0.144. The van der Waals surface area contributed by atoms with E-state index in [4.69, 9.17) is 4.52 Å². The number of nitrogens with zero attached hydrogens (tertiary/aromatic N) is 2. The molecule has 0 aliphatic heterocycles. The highest BCUT2D eigenvalue weighted by atomic mass is 19.4. The maximum absolute atomic E-state index is 12.0. The number of carbonyl (C=O) groups is 1. The van der Waals surface area contributed by atoms with E-state index in [9.17, 15) is 18.0 Å². The maximum Gasteiger partial charge on any atom is 0.411 e. The predicted molar refractivity (Wildman–Crippen MR) is 68.8 cm³/mol. The second-order valence-electron chi connectivity index (χ2n) is 5.39. The lowest BCUT2D eigenvalue weighted by Crippen LogP contribution is -2.45. The van der Waals surface area contributed by atoms with E-state index in [1.54, 1.807) is 6.92 Å². The molecule has 0 spiro atoms. The molecule has 0 unspecified atom stereocenters. The van der Waals surface area contributed by atoms with Gasteiger partial charge in [-0.05, 0) is 12.8 Å². The largest absolute Gasteiger partial charge is 0.411 e. The van der Waals surface area contributed by atoms with Gasteiger partial charge >= 0.3 is 6.18 Å². The highest BCUT2D eigenvalue weighted by Gasteiger charge is 2.41. The molecule has 1 saturated carbocycles. The zero-order valence-corrected chi connectivity index (χ0v) is 12.2. The van der Waals surface area contributed by atoms with Crippen LogP contribution in [0.1, 0.15) is 43.8 Å². The molecule has 0 bridgehead atoms. The van der Waals surface area contributed by atoms with E-state index in [1.807, 2.05) is 0 Å². The molecule has 0 atom stereocenters. The first kappa shape index (κ1) is 16.7. The van der Waals surface area contributed by atoms with Crippen molar-refractivity contribution in [1.29, 1.82) is 0 Å². The number of rotatable bonds is 6. The van der Waals surface area contributed by atoms with Crippen molar-refractivity contribution in [3.05, 3.63) is 11.7 Å². The SMILES string of the molecule is Cc1nc(C2(NC(=O)CCOCC(F)(F)F)CCCC2)no1. The van der Waals surface area contributed by atoms with Gasteiger partial charge in [0.1, 0.15) is 12.1 Å². The Balaban J connectivity index is 1.88. The van der Waals surface area contributed by atoms with Crippen molar-refractivity contribution in [2.75, 3.05) is 13.2 Å². The molecule has 1 aromatic heterocycles. The van der Waals surface area contributed by atoms with Gasteiger partial charge in [0, 0.05) is 13.3 Å². The Morgan fingerprint density at radius 1 is 1.41 bits per heavy atom. The predicted octanol–water partition coefficient (Wildman–Crippen LogP) is 2.23. The van der Waals surface area contributed by atoms with Crippen molar-refractivity contribution >= 4 is 5.91 Å². The zero-order valence-electron chi connectivity index (χ0n) is 12.2. The summed E-state index contributed by atoms with van der Waals surface area (Å²) in [6.45, 7) is 0.0219. The van der Waals surface area contributed by atoms with Gasteiger partial charge in [0.15, 0.2) is 5.82 Å². The summed E-state index contributed by atoms with van der Waals surface area (Å²) >= 11 is 0. The lowest BCUT2D eigenvalue weighted by molar-refractivity contribution is -0.174. The molecule has 1 aromatic rings. The minimum atomic E-state index is -4.38. The van der Waals surface area contributed by atoms with Crippen LogP contribution in [0.15, 0.2) is 4.52 Å². The number of hydrogen-bond acceptors (Lipinski definition) is 5. The molecule has 6 nitrogen and oxygen atoms in total. The second kappa shape index (κ2) is 6.64. The Morgan fingerprint density at radius 3 is 2.64 bits per heavy atom. The van der Waals surface area contributed by atoms with Crippen molar-refractivity contribution in [2.24, 2.45) is 0 Å². The second-order valence-corrected chi connectivity index (χ2v) is 5.39. The number of aryl methyl sites for hydroxylation is 1. The van der Waals surface area contributed by atoms with E-state index < -0.39 is 18.3 Å². The summed E-state index contributed by atoms with van der Waals surface area (Å²) in [5, 5.41) is 6.71. The summed E-state index contributed by atoms with van der Waals surface area (Å²) in [5.74, 6) is 0.447. The molecule has 0 radical (unpaired) electrons. The fraction of sp³-hybridized carbons (Fsp3) is 0.769. The van der Waals surface area contributed by atoms with Gasteiger partial charge < -0.3 is 14.6 Å². The van der Waals surface area contributed by atoms with Gasteiger partial charge in [0.25, 0.3) is 0 Å². The summed E-state index contributed by atoms with van der Waals surface area (Å²) < 4.78 is 45.2. The van der Waals surface area contributed by atoms with Gasteiger partial charge in [0.2, 0.25) is 11.8 Å². The number of carbonyl (C=O) groups excluding carboxylic acids is 1. The number of ether oxygens (including phenoxy) is 1. The van der Waals surface area contributed by atoms with Crippen LogP contribution in [-0.4, -0.2) is 35.4 Å². The number of halogens is 3. The summed E-state index contributed by atoms with van der Waals surface area (Å²) in [7, 11) is 0. The average molecular weight is 321 g/mol. The molecule has 1 aliphatic carbocycles. The first-order valence-electron chi connectivity index (χ1n) is 7.07. The van der Waals surface area contributed by atoms with Gasteiger partial charge in [-0.25, -0.2) is 0 Å². The van der Waals surface area contributed by atoms with Crippen LogP contribution in [0, 0.1) is 6.92 Å². The lowest BCUT2D eigenvalue weighted by atomic mass is 9.96. The van der Waals surface area contributed by atoms with Crippen molar-refractivity contribution in [1.82, 2.24) is 15.5 Å². The summed E-state index contributed by atoms with van der Waals surface area (Å²) in [6, 6.07) is 0. The van der Waals surface area contributed by atoms with Crippen molar-refractivity contribution in [2.45, 2.75) is 50.7 Å². The first-order chi connectivity index (χ1) is 10.3. The van der Waals surface area contributed by atoms with Gasteiger partial charge in [-0.15, -0.1) is 0 Å². The third-order valence-corrected chi connectivity index (χ3v) is 3.53. The molecule has 1 N–H and O–H groups in total. The minimum Gasteiger partial charge on any atom is -0.372 e. The third-order valence-electron chi connectivity index (χ3n) is 3.53. The van der Waals surface area contributed by atoms with Crippen molar-refractivity contribution in [3.8, 4) is 0 Å². The molecule has 22 heavy (non-hydrogen) atoms. The van der Waals surface area contributed by atoms with Crippen LogP contribution < -0.4 is 5.32 Å². The first-order valence-corrected chi connectivity index (χ1v) is 7.07. The fourth-order valence-corrected chi connectivity index (χ4v) is 2.56. The number of hydrogen-bond donors (Lipinski definition) is 1. The van der Waals surface area contributed by atoms with E-state index in [2.05, 4.69) is 20.2 Å². The van der Waals surface area contributed by atoms with Gasteiger partial charge in [-0.2, -0.15) is 18.2 Å². The van der Waals surface area contributed by atoms with Crippen LogP contribution in [0.4, 0.5) is 13.2 Å². The smallest absolute Gasteiger partial charge is 0.372 e. The van der Waals surface area contributed by atoms with E-state index in [0.717, 1.165) is 12.8 Å². The molecule has 0 saturated heterocycles. The quantitative estimate of drug-likeness (QED) is 0.813. The highest BCUT2D eigenvalue weighted by molar-refractivity contribution is 5.77. The lowest BCUT2D eigenvalue weighted by Gasteiger charge is -2.26. The molecule has 2 rings (SSSR count). The summed E-state index contributed by atoms with van der Waals surface area (Å²) in [4.78, 5) is 16.1. The van der Waals surface area contributed by atoms with Crippen LogP contribution >= 0.6 is 0 Å². The van der Waals surface area contributed by atoms with Gasteiger partial charge in [-0.1, -0.05) is 18.0 Å². The molecule has 1 aliphatic rings. The molecular formula is C13H18F3N3O3. The molecule has 124 valence electrons. The van der Waals surface area contributed by atoms with E-state index in [-0.39, 0.29) is 18.9 Å². The molecule has 1 fully saturated rings. The normalized spacial score (nSPS) is 17.6.